The van der Waals surface area contributed by atoms with Gasteiger partial charge in [0.2, 0.25) is 0 Å². The van der Waals surface area contributed by atoms with Crippen LogP contribution in [0.4, 0.5) is 0 Å². The largest absolute Gasteiger partial charge is 0.482 e. The van der Waals surface area contributed by atoms with Gasteiger partial charge in [-0.15, -0.1) is 11.3 Å². The standard InChI is InChI=1S/C15H15Cl2NO3S/c1-18(8-12(19)14-3-2-6-22-14)15(20)9-21-13-5-4-10(16)7-11(13)17/h2-7,12,19H,8-9H2,1H3. The summed E-state index contributed by atoms with van der Waals surface area (Å²) in [5.74, 6) is 0.147. The first-order valence-electron chi connectivity index (χ1n) is 6.50. The molecule has 0 bridgehead atoms. The summed E-state index contributed by atoms with van der Waals surface area (Å²) in [6, 6.07) is 8.48. The molecule has 0 radical (unpaired) electrons. The van der Waals surface area contributed by atoms with Crippen LogP contribution in [0.2, 0.25) is 10.0 Å². The van der Waals surface area contributed by atoms with Gasteiger partial charge in [0.05, 0.1) is 11.6 Å². The summed E-state index contributed by atoms with van der Waals surface area (Å²) in [4.78, 5) is 14.3. The van der Waals surface area contributed by atoms with Gasteiger partial charge in [-0.25, -0.2) is 0 Å². The number of hydrogen-bond acceptors (Lipinski definition) is 4. The van der Waals surface area contributed by atoms with Crippen LogP contribution in [0.25, 0.3) is 0 Å². The molecule has 2 rings (SSSR count). The molecule has 1 heterocycles. The zero-order valence-electron chi connectivity index (χ0n) is 11.8. The van der Waals surface area contributed by atoms with Crippen molar-refractivity contribution in [3.8, 4) is 5.75 Å². The topological polar surface area (TPSA) is 49.8 Å². The van der Waals surface area contributed by atoms with Gasteiger partial charge in [0.15, 0.2) is 6.61 Å². The molecule has 1 amide bonds. The number of thiophene rings is 1. The van der Waals surface area contributed by atoms with Gasteiger partial charge >= 0.3 is 0 Å². The van der Waals surface area contributed by atoms with E-state index in [2.05, 4.69) is 0 Å². The minimum Gasteiger partial charge on any atom is -0.482 e. The SMILES string of the molecule is CN(CC(O)c1cccs1)C(=O)COc1ccc(Cl)cc1Cl. The van der Waals surface area contributed by atoms with E-state index in [9.17, 15) is 9.90 Å². The van der Waals surface area contributed by atoms with E-state index in [1.165, 1.54) is 16.2 Å². The number of hydrogen-bond donors (Lipinski definition) is 1. The van der Waals surface area contributed by atoms with Crippen molar-refractivity contribution in [1.29, 1.82) is 0 Å². The summed E-state index contributed by atoms with van der Waals surface area (Å²) >= 11 is 13.2. The lowest BCUT2D eigenvalue weighted by molar-refractivity contribution is -0.133. The van der Waals surface area contributed by atoms with Crippen molar-refractivity contribution in [3.05, 3.63) is 50.6 Å². The number of rotatable bonds is 6. The molecule has 1 N–H and O–H groups in total. The number of carbonyl (C=O) groups is 1. The lowest BCUT2D eigenvalue weighted by atomic mass is 10.3. The second-order valence-corrected chi connectivity index (χ2v) is 6.49. The highest BCUT2D eigenvalue weighted by molar-refractivity contribution is 7.10. The average Bonchev–Trinajstić information content (AvgIpc) is 3.00. The van der Waals surface area contributed by atoms with E-state index in [1.807, 2.05) is 17.5 Å². The molecule has 1 aromatic carbocycles. The fourth-order valence-corrected chi connectivity index (χ4v) is 2.94. The van der Waals surface area contributed by atoms with E-state index in [0.29, 0.717) is 15.8 Å². The first kappa shape index (κ1) is 17.1. The predicted octanol–water partition coefficient (Wildman–Crippen LogP) is 3.63. The van der Waals surface area contributed by atoms with Crippen molar-refractivity contribution in [2.24, 2.45) is 0 Å². The van der Waals surface area contributed by atoms with E-state index in [-0.39, 0.29) is 19.1 Å². The van der Waals surface area contributed by atoms with Gasteiger partial charge in [-0.1, -0.05) is 29.3 Å². The highest BCUT2D eigenvalue weighted by Crippen LogP contribution is 2.27. The maximum atomic E-state index is 12.0. The molecule has 1 unspecified atom stereocenters. The third kappa shape index (κ3) is 4.61. The Labute approximate surface area is 142 Å². The number of nitrogens with zero attached hydrogens (tertiary/aromatic N) is 1. The lowest BCUT2D eigenvalue weighted by Crippen LogP contribution is -2.34. The molecular weight excluding hydrogens is 345 g/mol. The summed E-state index contributed by atoms with van der Waals surface area (Å²) in [5, 5.41) is 12.8. The lowest BCUT2D eigenvalue weighted by Gasteiger charge is -2.20. The van der Waals surface area contributed by atoms with Crippen molar-refractivity contribution in [2.45, 2.75) is 6.10 Å². The summed E-state index contributed by atoms with van der Waals surface area (Å²) in [5.41, 5.74) is 0. The van der Waals surface area contributed by atoms with Crippen molar-refractivity contribution in [1.82, 2.24) is 4.90 Å². The van der Waals surface area contributed by atoms with Gasteiger partial charge < -0.3 is 14.7 Å². The van der Waals surface area contributed by atoms with Crippen LogP contribution in [0, 0.1) is 0 Å². The average molecular weight is 360 g/mol. The molecule has 0 aliphatic carbocycles. The van der Waals surface area contributed by atoms with E-state index in [1.54, 1.807) is 25.2 Å². The molecule has 4 nitrogen and oxygen atoms in total. The maximum absolute atomic E-state index is 12.0. The Morgan fingerprint density at radius 1 is 1.41 bits per heavy atom. The smallest absolute Gasteiger partial charge is 0.260 e. The summed E-state index contributed by atoms with van der Waals surface area (Å²) in [7, 11) is 1.62. The van der Waals surface area contributed by atoms with Gasteiger partial charge in [0.1, 0.15) is 11.9 Å². The monoisotopic (exact) mass is 359 g/mol. The normalized spacial score (nSPS) is 12.0. The Morgan fingerprint density at radius 3 is 2.82 bits per heavy atom. The van der Waals surface area contributed by atoms with Crippen LogP contribution in [0.5, 0.6) is 5.75 Å². The number of likely N-dealkylation sites (N-methyl/N-ethyl adjacent to an activating group) is 1. The first-order valence-corrected chi connectivity index (χ1v) is 8.14. The van der Waals surface area contributed by atoms with Gasteiger partial charge in [-0.05, 0) is 29.6 Å². The number of carbonyl (C=O) groups excluding carboxylic acids is 1. The Balaban J connectivity index is 1.86. The molecule has 2 aromatic rings. The van der Waals surface area contributed by atoms with Crippen molar-refractivity contribution < 1.29 is 14.6 Å². The maximum Gasteiger partial charge on any atom is 0.260 e. The molecule has 0 aliphatic heterocycles. The molecule has 0 saturated carbocycles. The van der Waals surface area contributed by atoms with Crippen LogP contribution < -0.4 is 4.74 Å². The minimum absolute atomic E-state index is 0.158. The van der Waals surface area contributed by atoms with E-state index in [4.69, 9.17) is 27.9 Å². The van der Waals surface area contributed by atoms with Gasteiger partial charge in [-0.3, -0.25) is 4.79 Å². The van der Waals surface area contributed by atoms with Crippen molar-refractivity contribution >= 4 is 40.4 Å². The Morgan fingerprint density at radius 2 is 2.18 bits per heavy atom. The number of aliphatic hydroxyl groups excluding tert-OH is 1. The Kier molecular flexibility index (Phi) is 6.08. The minimum atomic E-state index is -0.701. The predicted molar refractivity (Wildman–Crippen MR) is 88.9 cm³/mol. The van der Waals surface area contributed by atoms with E-state index in [0.717, 1.165) is 4.88 Å². The third-order valence-corrected chi connectivity index (χ3v) is 4.49. The second-order valence-electron chi connectivity index (χ2n) is 4.67. The Hall–Kier alpha value is -1.27. The molecule has 1 atom stereocenters. The van der Waals surface area contributed by atoms with Crippen LogP contribution in [0.15, 0.2) is 35.7 Å². The third-order valence-electron chi connectivity index (χ3n) is 2.99. The van der Waals surface area contributed by atoms with E-state index < -0.39 is 6.10 Å². The molecule has 0 saturated heterocycles. The van der Waals surface area contributed by atoms with Crippen molar-refractivity contribution in [2.75, 3.05) is 20.2 Å². The van der Waals surface area contributed by atoms with Gasteiger partial charge in [0, 0.05) is 16.9 Å². The van der Waals surface area contributed by atoms with E-state index >= 15 is 0 Å². The molecule has 0 fully saturated rings. The number of amides is 1. The van der Waals surface area contributed by atoms with Gasteiger partial charge in [-0.2, -0.15) is 0 Å². The molecule has 22 heavy (non-hydrogen) atoms. The van der Waals surface area contributed by atoms with Crippen LogP contribution in [0.1, 0.15) is 11.0 Å². The van der Waals surface area contributed by atoms with Crippen LogP contribution in [0.3, 0.4) is 0 Å². The molecule has 0 spiro atoms. The number of benzene rings is 1. The molecule has 1 aromatic heterocycles. The number of aliphatic hydroxyl groups is 1. The fourth-order valence-electron chi connectivity index (χ4n) is 1.77. The second kappa shape index (κ2) is 7.83. The first-order chi connectivity index (χ1) is 10.5. The highest BCUT2D eigenvalue weighted by Gasteiger charge is 2.16. The summed E-state index contributed by atoms with van der Waals surface area (Å²) < 4.78 is 5.39. The van der Waals surface area contributed by atoms with Gasteiger partial charge in [0.25, 0.3) is 5.91 Å². The number of ether oxygens (including phenoxy) is 1. The quantitative estimate of drug-likeness (QED) is 0.856. The molecular formula is C15H15Cl2NO3S. The molecule has 7 heteroatoms. The Bertz CT molecular complexity index is 634. The highest BCUT2D eigenvalue weighted by atomic mass is 35.5. The zero-order valence-corrected chi connectivity index (χ0v) is 14.2. The van der Waals surface area contributed by atoms with Crippen molar-refractivity contribution in [3.63, 3.8) is 0 Å². The number of halogens is 2. The molecule has 0 aliphatic rings. The van der Waals surface area contributed by atoms with Crippen LogP contribution in [-0.2, 0) is 4.79 Å². The van der Waals surface area contributed by atoms with Crippen LogP contribution >= 0.6 is 34.5 Å². The molecule has 118 valence electrons. The fraction of sp³-hybridized carbons (Fsp3) is 0.267. The summed E-state index contributed by atoms with van der Waals surface area (Å²) in [6.07, 6.45) is -0.701. The summed E-state index contributed by atoms with van der Waals surface area (Å²) in [6.45, 7) is 0.0477. The zero-order chi connectivity index (χ0) is 16.1. The van der Waals surface area contributed by atoms with Crippen LogP contribution in [-0.4, -0.2) is 36.1 Å².